The van der Waals surface area contributed by atoms with Crippen molar-refractivity contribution in [1.29, 1.82) is 0 Å². The van der Waals surface area contributed by atoms with E-state index in [1.165, 1.54) is 0 Å². The van der Waals surface area contributed by atoms with Crippen LogP contribution >= 0.6 is 0 Å². The van der Waals surface area contributed by atoms with Gasteiger partial charge in [-0.3, -0.25) is 0 Å². The number of carbonyl (C=O) groups is 1. The first-order valence-corrected chi connectivity index (χ1v) is 4.30. The molecule has 70 valence electrons. The minimum Gasteiger partial charge on any atom is -0.364 e. The fourth-order valence-electron chi connectivity index (χ4n) is 0.679. The van der Waals surface area contributed by atoms with E-state index in [0.717, 1.165) is 0 Å². The molecule has 0 radical (unpaired) electrons. The smallest absolute Gasteiger partial charge is 0.352 e. The van der Waals surface area contributed by atoms with Crippen molar-refractivity contribution < 1.29 is 9.63 Å². The molecule has 0 heterocycles. The molecule has 0 saturated carbocycles. The summed E-state index contributed by atoms with van der Waals surface area (Å²) in [6, 6.07) is 0. The molecule has 0 saturated heterocycles. The van der Waals surface area contributed by atoms with Crippen LogP contribution in [0.2, 0.25) is 0 Å². The number of hydrogen-bond donors (Lipinski definition) is 0. The maximum atomic E-state index is 11.1. The molecule has 0 rings (SSSR count). The summed E-state index contributed by atoms with van der Waals surface area (Å²) in [4.78, 5) is 16.1. The average Bonchev–Trinajstić information content (AvgIpc) is 2.12. The van der Waals surface area contributed by atoms with Crippen molar-refractivity contribution in [2.45, 2.75) is 27.2 Å². The fourth-order valence-corrected chi connectivity index (χ4v) is 0.679. The molecular weight excluding hydrogens is 154 g/mol. The van der Waals surface area contributed by atoms with Crippen LogP contribution in [0.4, 0.5) is 0 Å². The van der Waals surface area contributed by atoms with Crippen molar-refractivity contribution in [2.75, 3.05) is 13.1 Å². The number of hydroxylamine groups is 2. The van der Waals surface area contributed by atoms with Gasteiger partial charge in [-0.05, 0) is 20.3 Å². The Morgan fingerprint density at radius 1 is 1.33 bits per heavy atom. The van der Waals surface area contributed by atoms with E-state index < -0.39 is 0 Å². The Hall–Kier alpha value is -0.830. The summed E-state index contributed by atoms with van der Waals surface area (Å²) in [6.07, 6.45) is 0.639. The first-order chi connectivity index (χ1) is 5.65. The van der Waals surface area contributed by atoms with E-state index in [1.54, 1.807) is 5.06 Å². The Balaban J connectivity index is 3.89. The first-order valence-electron chi connectivity index (χ1n) is 4.30. The van der Waals surface area contributed by atoms with E-state index in [-0.39, 0.29) is 5.97 Å². The van der Waals surface area contributed by atoms with E-state index in [4.69, 9.17) is 4.84 Å². The molecule has 0 aromatic carbocycles. The molecule has 0 fully saturated rings. The Morgan fingerprint density at radius 2 is 1.83 bits per heavy atom. The van der Waals surface area contributed by atoms with Crippen LogP contribution in [0.1, 0.15) is 27.2 Å². The van der Waals surface area contributed by atoms with Crippen LogP contribution < -0.4 is 0 Å². The third kappa shape index (κ3) is 3.53. The zero-order valence-electron chi connectivity index (χ0n) is 8.09. The van der Waals surface area contributed by atoms with Crippen LogP contribution in [0.15, 0.2) is 12.2 Å². The van der Waals surface area contributed by atoms with Crippen LogP contribution in [-0.2, 0) is 9.63 Å². The van der Waals surface area contributed by atoms with Crippen LogP contribution in [0.25, 0.3) is 0 Å². The van der Waals surface area contributed by atoms with Gasteiger partial charge < -0.3 is 4.84 Å². The highest BCUT2D eigenvalue weighted by molar-refractivity contribution is 5.87. The van der Waals surface area contributed by atoms with Gasteiger partial charge in [-0.1, -0.05) is 13.5 Å². The lowest BCUT2D eigenvalue weighted by Crippen LogP contribution is -2.27. The third-order valence-electron chi connectivity index (χ3n) is 1.63. The molecule has 0 bridgehead atoms. The van der Waals surface area contributed by atoms with Crippen LogP contribution in [0.5, 0.6) is 0 Å². The molecule has 0 aliphatic rings. The fraction of sp³-hybridized carbons (Fsp3) is 0.667. The minimum absolute atomic E-state index is 0.318. The molecule has 0 aromatic heterocycles. The third-order valence-corrected chi connectivity index (χ3v) is 1.63. The van der Waals surface area contributed by atoms with Crippen LogP contribution in [-0.4, -0.2) is 24.1 Å². The molecule has 0 amide bonds. The number of hydrogen-bond acceptors (Lipinski definition) is 3. The van der Waals surface area contributed by atoms with Gasteiger partial charge in [0.2, 0.25) is 0 Å². The summed E-state index contributed by atoms with van der Waals surface area (Å²) in [5.41, 5.74) is 0.516. The van der Waals surface area contributed by atoms with Gasteiger partial charge in [-0.15, -0.1) is 5.06 Å². The lowest BCUT2D eigenvalue weighted by molar-refractivity contribution is -0.183. The zero-order chi connectivity index (χ0) is 9.56. The van der Waals surface area contributed by atoms with E-state index in [2.05, 4.69) is 6.58 Å². The SMILES string of the molecule is C=C(CC)C(=O)ON(CC)CC. The highest BCUT2D eigenvalue weighted by atomic mass is 16.7. The van der Waals surface area contributed by atoms with Crippen molar-refractivity contribution in [3.05, 3.63) is 12.2 Å². The largest absolute Gasteiger partial charge is 0.364 e. The van der Waals surface area contributed by atoms with Gasteiger partial charge in [0, 0.05) is 18.7 Å². The average molecular weight is 171 g/mol. The summed E-state index contributed by atoms with van der Waals surface area (Å²) in [6.45, 7) is 10.8. The summed E-state index contributed by atoms with van der Waals surface area (Å²) < 4.78 is 0. The lowest BCUT2D eigenvalue weighted by Gasteiger charge is -2.17. The molecule has 0 spiro atoms. The predicted octanol–water partition coefficient (Wildman–Crippen LogP) is 1.75. The summed E-state index contributed by atoms with van der Waals surface area (Å²) in [7, 11) is 0. The summed E-state index contributed by atoms with van der Waals surface area (Å²) in [5.74, 6) is -0.318. The predicted molar refractivity (Wildman–Crippen MR) is 48.4 cm³/mol. The molecule has 12 heavy (non-hydrogen) atoms. The molecule has 0 aromatic rings. The van der Waals surface area contributed by atoms with Gasteiger partial charge in [-0.25, -0.2) is 4.79 Å². The van der Waals surface area contributed by atoms with Gasteiger partial charge in [0.15, 0.2) is 0 Å². The van der Waals surface area contributed by atoms with Crippen molar-refractivity contribution >= 4 is 5.97 Å². The van der Waals surface area contributed by atoms with E-state index in [1.807, 2.05) is 20.8 Å². The minimum atomic E-state index is -0.318. The monoisotopic (exact) mass is 171 g/mol. The van der Waals surface area contributed by atoms with Gasteiger partial charge in [0.25, 0.3) is 0 Å². The molecule has 0 N–H and O–H groups in total. The maximum absolute atomic E-state index is 11.1. The van der Waals surface area contributed by atoms with E-state index in [0.29, 0.717) is 25.1 Å². The van der Waals surface area contributed by atoms with Crippen LogP contribution in [0.3, 0.4) is 0 Å². The summed E-state index contributed by atoms with van der Waals surface area (Å²) >= 11 is 0. The second kappa shape index (κ2) is 5.77. The first kappa shape index (κ1) is 11.2. The van der Waals surface area contributed by atoms with Crippen LogP contribution in [0, 0.1) is 0 Å². The molecule has 0 aliphatic heterocycles. The second-order valence-corrected chi connectivity index (χ2v) is 2.45. The van der Waals surface area contributed by atoms with E-state index in [9.17, 15) is 4.79 Å². The highest BCUT2D eigenvalue weighted by Crippen LogP contribution is 2.01. The van der Waals surface area contributed by atoms with Crippen molar-refractivity contribution in [3.63, 3.8) is 0 Å². The zero-order valence-corrected chi connectivity index (χ0v) is 8.09. The van der Waals surface area contributed by atoms with Gasteiger partial charge in [0.1, 0.15) is 0 Å². The Labute approximate surface area is 74.0 Å². The van der Waals surface area contributed by atoms with Crippen molar-refractivity contribution in [3.8, 4) is 0 Å². The molecule has 0 atom stereocenters. The highest BCUT2D eigenvalue weighted by Gasteiger charge is 2.09. The molecule has 3 heteroatoms. The normalized spacial score (nSPS) is 10.0. The maximum Gasteiger partial charge on any atom is 0.352 e. The second-order valence-electron chi connectivity index (χ2n) is 2.45. The van der Waals surface area contributed by atoms with Gasteiger partial charge in [-0.2, -0.15) is 0 Å². The lowest BCUT2D eigenvalue weighted by atomic mass is 10.2. The number of carbonyl (C=O) groups excluding carboxylic acids is 1. The van der Waals surface area contributed by atoms with Crippen molar-refractivity contribution in [1.82, 2.24) is 5.06 Å². The Kier molecular flexibility index (Phi) is 5.37. The van der Waals surface area contributed by atoms with Gasteiger partial charge >= 0.3 is 5.97 Å². The van der Waals surface area contributed by atoms with E-state index >= 15 is 0 Å². The standard InChI is InChI=1S/C9H17NO2/c1-5-8(4)9(11)12-10(6-2)7-3/h4-7H2,1-3H3. The summed E-state index contributed by atoms with van der Waals surface area (Å²) in [5, 5.41) is 1.60. The van der Waals surface area contributed by atoms with Gasteiger partial charge in [0.05, 0.1) is 0 Å². The molecule has 0 unspecified atom stereocenters. The topological polar surface area (TPSA) is 29.5 Å². The molecule has 3 nitrogen and oxygen atoms in total. The van der Waals surface area contributed by atoms with Crippen molar-refractivity contribution in [2.24, 2.45) is 0 Å². The number of rotatable bonds is 5. The Bertz CT molecular complexity index is 162. The molecule has 0 aliphatic carbocycles. The number of nitrogens with zero attached hydrogens (tertiary/aromatic N) is 1. The quantitative estimate of drug-likeness (QED) is 0.466. The Morgan fingerprint density at radius 3 is 2.17 bits per heavy atom. The molecular formula is C9H17NO2.